The molecule has 0 saturated carbocycles. The molecular formula is C7H10IN. The summed E-state index contributed by atoms with van der Waals surface area (Å²) in [6.07, 6.45) is 6.44. The van der Waals surface area contributed by atoms with Gasteiger partial charge in [-0.25, -0.2) is 0 Å². The lowest BCUT2D eigenvalue weighted by atomic mass is 10.4. The average molecular weight is 235 g/mol. The molecule has 1 atom stereocenters. The minimum atomic E-state index is 0.581. The Morgan fingerprint density at radius 1 is 1.56 bits per heavy atom. The first-order valence-electron chi connectivity index (χ1n) is 2.91. The van der Waals surface area contributed by atoms with Crippen LogP contribution in [0.3, 0.4) is 0 Å². The summed E-state index contributed by atoms with van der Waals surface area (Å²) < 4.78 is 0.581. The second-order valence-electron chi connectivity index (χ2n) is 2.27. The normalized spacial score (nSPS) is 24.3. The maximum atomic E-state index is 2.41. The Morgan fingerprint density at radius 2 is 2.22 bits per heavy atom. The number of alkyl halides is 1. The predicted molar refractivity (Wildman–Crippen MR) is 48.7 cm³/mol. The molecule has 0 N–H and O–H groups in total. The molecule has 1 unspecified atom stereocenters. The van der Waals surface area contributed by atoms with Crippen molar-refractivity contribution in [1.82, 2.24) is 4.90 Å². The van der Waals surface area contributed by atoms with Crippen molar-refractivity contribution in [1.29, 1.82) is 0 Å². The molecule has 9 heavy (non-hydrogen) atoms. The van der Waals surface area contributed by atoms with E-state index in [0.29, 0.717) is 3.92 Å². The van der Waals surface area contributed by atoms with E-state index in [4.69, 9.17) is 0 Å². The van der Waals surface area contributed by atoms with Gasteiger partial charge < -0.3 is 4.90 Å². The van der Waals surface area contributed by atoms with Crippen LogP contribution in [0, 0.1) is 0 Å². The third-order valence-corrected chi connectivity index (χ3v) is 2.40. The van der Waals surface area contributed by atoms with E-state index in [9.17, 15) is 0 Å². The van der Waals surface area contributed by atoms with Gasteiger partial charge in [-0.15, -0.1) is 0 Å². The molecule has 0 saturated heterocycles. The Labute approximate surface area is 69.6 Å². The van der Waals surface area contributed by atoms with Gasteiger partial charge in [0.15, 0.2) is 0 Å². The molecule has 0 fully saturated rings. The fraction of sp³-hybridized carbons (Fsp3) is 0.429. The highest BCUT2D eigenvalue weighted by molar-refractivity contribution is 14.1. The Morgan fingerprint density at radius 3 is 2.44 bits per heavy atom. The van der Waals surface area contributed by atoms with Crippen molar-refractivity contribution in [3.05, 3.63) is 23.9 Å². The Balaban J connectivity index is 2.64. The van der Waals surface area contributed by atoms with Gasteiger partial charge in [-0.3, -0.25) is 0 Å². The lowest BCUT2D eigenvalue weighted by Gasteiger charge is -2.16. The third kappa shape index (κ3) is 1.47. The topological polar surface area (TPSA) is 3.24 Å². The summed E-state index contributed by atoms with van der Waals surface area (Å²) in [5.74, 6) is 0. The monoisotopic (exact) mass is 235 g/mol. The van der Waals surface area contributed by atoms with Gasteiger partial charge in [-0.2, -0.15) is 0 Å². The first kappa shape index (κ1) is 7.12. The molecule has 0 bridgehead atoms. The molecule has 1 aliphatic carbocycles. The van der Waals surface area contributed by atoms with Crippen LogP contribution in [0.5, 0.6) is 0 Å². The van der Waals surface area contributed by atoms with Crippen molar-refractivity contribution in [2.75, 3.05) is 14.1 Å². The van der Waals surface area contributed by atoms with Gasteiger partial charge in [-0.05, 0) is 6.08 Å². The molecule has 1 nitrogen and oxygen atoms in total. The number of hydrogen-bond acceptors (Lipinski definition) is 1. The van der Waals surface area contributed by atoms with Crippen molar-refractivity contribution >= 4 is 22.6 Å². The van der Waals surface area contributed by atoms with Crippen molar-refractivity contribution < 1.29 is 0 Å². The second kappa shape index (κ2) is 2.73. The molecule has 0 amide bonds. The van der Waals surface area contributed by atoms with Crippen LogP contribution in [0.4, 0.5) is 0 Å². The average Bonchev–Trinajstić information content (AvgIpc) is 2.13. The second-order valence-corrected chi connectivity index (χ2v) is 3.61. The zero-order valence-electron chi connectivity index (χ0n) is 5.63. The van der Waals surface area contributed by atoms with Gasteiger partial charge in [0.1, 0.15) is 0 Å². The van der Waals surface area contributed by atoms with Gasteiger partial charge in [-0.1, -0.05) is 34.7 Å². The van der Waals surface area contributed by atoms with E-state index < -0.39 is 0 Å². The fourth-order valence-electron chi connectivity index (χ4n) is 0.838. The summed E-state index contributed by atoms with van der Waals surface area (Å²) in [5.41, 5.74) is 1.38. The Kier molecular flexibility index (Phi) is 2.16. The number of hydrogen-bond donors (Lipinski definition) is 0. The van der Waals surface area contributed by atoms with E-state index in [1.807, 2.05) is 0 Å². The molecule has 2 heteroatoms. The van der Waals surface area contributed by atoms with Crippen LogP contribution < -0.4 is 0 Å². The minimum absolute atomic E-state index is 0.581. The molecule has 50 valence electrons. The largest absolute Gasteiger partial charge is 0.380 e. The van der Waals surface area contributed by atoms with E-state index in [2.05, 4.69) is 59.8 Å². The van der Waals surface area contributed by atoms with Crippen LogP contribution in [0.2, 0.25) is 0 Å². The van der Waals surface area contributed by atoms with Gasteiger partial charge in [0.25, 0.3) is 0 Å². The fourth-order valence-corrected chi connectivity index (χ4v) is 1.84. The third-order valence-electron chi connectivity index (χ3n) is 1.35. The standard InChI is InChI=1S/C7H10IN/c1-9(2)7-5-3-4-6(7)8/h3-6H,1-2H3. The van der Waals surface area contributed by atoms with Crippen molar-refractivity contribution in [2.45, 2.75) is 3.92 Å². The van der Waals surface area contributed by atoms with Gasteiger partial charge >= 0.3 is 0 Å². The Bertz CT molecular complexity index is 158. The highest BCUT2D eigenvalue weighted by Gasteiger charge is 2.11. The SMILES string of the molecule is CN(C)C1=CC=CC1I. The van der Waals surface area contributed by atoms with Crippen molar-refractivity contribution in [3.63, 3.8) is 0 Å². The molecular weight excluding hydrogens is 225 g/mol. The highest BCUT2D eigenvalue weighted by atomic mass is 127. The van der Waals surface area contributed by atoms with Crippen LogP contribution in [0.1, 0.15) is 0 Å². The van der Waals surface area contributed by atoms with Crippen molar-refractivity contribution in [3.8, 4) is 0 Å². The highest BCUT2D eigenvalue weighted by Crippen LogP contribution is 2.21. The van der Waals surface area contributed by atoms with E-state index in [0.717, 1.165) is 0 Å². The maximum Gasteiger partial charge on any atom is 0.0691 e. The number of rotatable bonds is 1. The first-order valence-corrected chi connectivity index (χ1v) is 4.16. The maximum absolute atomic E-state index is 2.41. The summed E-state index contributed by atoms with van der Waals surface area (Å²) in [6, 6.07) is 0. The number of halogens is 1. The zero-order chi connectivity index (χ0) is 6.85. The lowest BCUT2D eigenvalue weighted by molar-refractivity contribution is 0.510. The van der Waals surface area contributed by atoms with Gasteiger partial charge in [0.05, 0.1) is 3.92 Å². The summed E-state index contributed by atoms with van der Waals surface area (Å²) in [5, 5.41) is 0. The lowest BCUT2D eigenvalue weighted by Crippen LogP contribution is -2.15. The van der Waals surface area contributed by atoms with Crippen LogP contribution in [0.25, 0.3) is 0 Å². The molecule has 0 aliphatic heterocycles. The molecule has 0 heterocycles. The molecule has 1 rings (SSSR count). The van der Waals surface area contributed by atoms with Crippen molar-refractivity contribution in [2.24, 2.45) is 0 Å². The van der Waals surface area contributed by atoms with E-state index >= 15 is 0 Å². The minimum Gasteiger partial charge on any atom is -0.380 e. The quantitative estimate of drug-likeness (QED) is 0.494. The van der Waals surface area contributed by atoms with E-state index in [-0.39, 0.29) is 0 Å². The van der Waals surface area contributed by atoms with E-state index in [1.54, 1.807) is 0 Å². The van der Waals surface area contributed by atoms with E-state index in [1.165, 1.54) is 5.70 Å². The molecule has 1 aliphatic rings. The molecule has 0 aromatic rings. The van der Waals surface area contributed by atoms with Crippen LogP contribution in [0.15, 0.2) is 23.9 Å². The summed E-state index contributed by atoms with van der Waals surface area (Å²) >= 11 is 2.41. The Hall–Kier alpha value is 0.01000. The molecule has 0 radical (unpaired) electrons. The van der Waals surface area contributed by atoms with Gasteiger partial charge in [0, 0.05) is 19.8 Å². The van der Waals surface area contributed by atoms with Gasteiger partial charge in [0.2, 0.25) is 0 Å². The zero-order valence-corrected chi connectivity index (χ0v) is 7.79. The summed E-state index contributed by atoms with van der Waals surface area (Å²) in [6.45, 7) is 0. The molecule has 0 aromatic carbocycles. The van der Waals surface area contributed by atoms with Crippen LogP contribution >= 0.6 is 22.6 Å². The summed E-state index contributed by atoms with van der Waals surface area (Å²) in [7, 11) is 4.15. The predicted octanol–water partition coefficient (Wildman–Crippen LogP) is 1.81. The van der Waals surface area contributed by atoms with Crippen LogP contribution in [-0.4, -0.2) is 22.9 Å². The molecule has 0 aromatic heterocycles. The smallest absolute Gasteiger partial charge is 0.0691 e. The number of nitrogens with zero attached hydrogens (tertiary/aromatic N) is 1. The molecule has 0 spiro atoms. The summed E-state index contributed by atoms with van der Waals surface area (Å²) in [4.78, 5) is 2.15. The number of allylic oxidation sites excluding steroid dienone is 3. The van der Waals surface area contributed by atoms with Crippen LogP contribution in [-0.2, 0) is 0 Å². The first-order chi connectivity index (χ1) is 4.22.